The fraction of sp³-hybridized carbons (Fsp3) is 0.588. The first-order chi connectivity index (χ1) is 10.3. The Hall–Kier alpha value is -0.430. The van der Waals surface area contributed by atoms with E-state index in [0.717, 1.165) is 32.1 Å². The average Bonchev–Trinajstić information content (AvgIpc) is 3.05. The van der Waals surface area contributed by atoms with Gasteiger partial charge in [0.2, 0.25) is 0 Å². The van der Waals surface area contributed by atoms with Gasteiger partial charge in [0, 0.05) is 29.3 Å². The van der Waals surface area contributed by atoms with E-state index in [2.05, 4.69) is 47.5 Å². The Morgan fingerprint density at radius 3 is 2.50 bits per heavy atom. The van der Waals surface area contributed by atoms with E-state index in [0.29, 0.717) is 4.75 Å². The van der Waals surface area contributed by atoms with Crippen molar-refractivity contribution in [1.82, 2.24) is 10.2 Å². The van der Waals surface area contributed by atoms with Gasteiger partial charge in [0.05, 0.1) is 6.54 Å². The molecule has 1 aromatic carbocycles. The second-order valence-electron chi connectivity index (χ2n) is 5.96. The van der Waals surface area contributed by atoms with E-state index >= 15 is 0 Å². The van der Waals surface area contributed by atoms with Crippen LogP contribution in [0.15, 0.2) is 40.2 Å². The van der Waals surface area contributed by atoms with Gasteiger partial charge in [-0.3, -0.25) is 4.99 Å². The number of guanidine groups is 1. The fourth-order valence-electron chi connectivity index (χ4n) is 2.74. The summed E-state index contributed by atoms with van der Waals surface area (Å²) in [7, 11) is 0. The van der Waals surface area contributed by atoms with Gasteiger partial charge in [-0.05, 0) is 44.7 Å². The Kier molecular flexibility index (Phi) is 6.87. The van der Waals surface area contributed by atoms with Crippen LogP contribution < -0.4 is 5.32 Å². The van der Waals surface area contributed by atoms with Crippen LogP contribution in [0.1, 0.15) is 32.6 Å². The van der Waals surface area contributed by atoms with E-state index in [-0.39, 0.29) is 24.0 Å². The summed E-state index contributed by atoms with van der Waals surface area (Å²) in [5, 5.41) is 3.46. The highest BCUT2D eigenvalue weighted by Crippen LogP contribution is 2.51. The lowest BCUT2D eigenvalue weighted by Crippen LogP contribution is -2.40. The zero-order valence-corrected chi connectivity index (χ0v) is 16.4. The minimum Gasteiger partial charge on any atom is -0.357 e. The monoisotopic (exact) mass is 431 g/mol. The third-order valence-corrected chi connectivity index (χ3v) is 5.62. The van der Waals surface area contributed by atoms with Crippen LogP contribution in [0, 0.1) is 0 Å². The highest BCUT2D eigenvalue weighted by Gasteiger charge is 2.43. The third-order valence-electron chi connectivity index (χ3n) is 4.14. The van der Waals surface area contributed by atoms with E-state index < -0.39 is 0 Å². The van der Waals surface area contributed by atoms with Crippen LogP contribution in [0.2, 0.25) is 0 Å². The molecule has 0 atom stereocenters. The summed E-state index contributed by atoms with van der Waals surface area (Å²) in [5.74, 6) is 1.12. The Bertz CT molecular complexity index is 482. The molecular weight excluding hydrogens is 405 g/mol. The minimum atomic E-state index is 0. The van der Waals surface area contributed by atoms with Crippen LogP contribution in [0.3, 0.4) is 0 Å². The maximum atomic E-state index is 4.94. The molecule has 0 unspecified atom stereocenters. The molecule has 3 nitrogen and oxygen atoms in total. The van der Waals surface area contributed by atoms with Crippen molar-refractivity contribution in [3.63, 3.8) is 0 Å². The molecule has 1 aromatic rings. The maximum absolute atomic E-state index is 4.94. The Balaban J connectivity index is 0.00000176. The number of hydrogen-bond acceptors (Lipinski definition) is 2. The van der Waals surface area contributed by atoms with Gasteiger partial charge in [-0.15, -0.1) is 35.7 Å². The molecule has 0 spiro atoms. The van der Waals surface area contributed by atoms with Crippen LogP contribution in [0.4, 0.5) is 0 Å². The lowest BCUT2D eigenvalue weighted by Gasteiger charge is -2.22. The molecule has 1 saturated carbocycles. The summed E-state index contributed by atoms with van der Waals surface area (Å²) >= 11 is 2.01. The number of thioether (sulfide) groups is 1. The number of rotatable bonds is 5. The fourth-order valence-corrected chi connectivity index (χ4v) is 3.97. The zero-order valence-electron chi connectivity index (χ0n) is 13.3. The Labute approximate surface area is 155 Å². The van der Waals surface area contributed by atoms with Gasteiger partial charge in [-0.2, -0.15) is 0 Å². The summed E-state index contributed by atoms with van der Waals surface area (Å²) in [4.78, 5) is 8.72. The predicted molar refractivity (Wildman–Crippen MR) is 106 cm³/mol. The lowest BCUT2D eigenvalue weighted by molar-refractivity contribution is 0.493. The molecule has 0 radical (unpaired) electrons. The quantitative estimate of drug-likeness (QED) is 0.434. The zero-order chi connectivity index (χ0) is 14.5. The molecule has 122 valence electrons. The van der Waals surface area contributed by atoms with Crippen molar-refractivity contribution in [2.75, 3.05) is 26.2 Å². The topological polar surface area (TPSA) is 27.6 Å². The van der Waals surface area contributed by atoms with Gasteiger partial charge in [0.15, 0.2) is 5.96 Å². The highest BCUT2D eigenvalue weighted by molar-refractivity contribution is 14.0. The molecule has 1 aliphatic heterocycles. The van der Waals surface area contributed by atoms with E-state index in [1.165, 1.54) is 30.6 Å². The van der Waals surface area contributed by atoms with Crippen LogP contribution in [-0.2, 0) is 0 Å². The summed E-state index contributed by atoms with van der Waals surface area (Å²) < 4.78 is 0.349. The van der Waals surface area contributed by atoms with E-state index in [9.17, 15) is 0 Å². The number of benzene rings is 1. The number of halogens is 1. The molecule has 2 fully saturated rings. The molecule has 0 amide bonds. The lowest BCUT2D eigenvalue weighted by atomic mass is 10.4. The standard InChI is InChI=1S/C17H25N3S.HI/c1-2-18-16(20-12-6-7-13-20)19-14-17(10-11-17)21-15-8-4-3-5-9-15;/h3-5,8-9H,2,6-7,10-14H2,1H3,(H,18,19);1H. The first-order valence-electron chi connectivity index (χ1n) is 8.09. The first-order valence-corrected chi connectivity index (χ1v) is 8.90. The molecule has 1 aliphatic carbocycles. The molecular formula is C17H26IN3S. The van der Waals surface area contributed by atoms with Crippen LogP contribution in [-0.4, -0.2) is 41.8 Å². The van der Waals surface area contributed by atoms with Gasteiger partial charge in [0.1, 0.15) is 0 Å². The summed E-state index contributed by atoms with van der Waals surface area (Å²) in [6, 6.07) is 10.7. The number of aliphatic imine (C=N–C) groups is 1. The van der Waals surface area contributed by atoms with Gasteiger partial charge in [-0.25, -0.2) is 0 Å². The molecule has 2 aliphatic rings. The summed E-state index contributed by atoms with van der Waals surface area (Å²) in [5.41, 5.74) is 0. The van der Waals surface area contributed by atoms with Gasteiger partial charge in [0.25, 0.3) is 0 Å². The number of nitrogens with zero attached hydrogens (tertiary/aromatic N) is 2. The number of likely N-dealkylation sites (tertiary alicyclic amines) is 1. The first kappa shape index (κ1) is 17.9. The third kappa shape index (κ3) is 4.78. The Morgan fingerprint density at radius 1 is 1.23 bits per heavy atom. The van der Waals surface area contributed by atoms with Crippen molar-refractivity contribution in [1.29, 1.82) is 0 Å². The molecule has 1 N–H and O–H groups in total. The van der Waals surface area contributed by atoms with Crippen LogP contribution in [0.5, 0.6) is 0 Å². The van der Waals surface area contributed by atoms with Crippen LogP contribution in [0.25, 0.3) is 0 Å². The van der Waals surface area contributed by atoms with Gasteiger partial charge in [-0.1, -0.05) is 18.2 Å². The molecule has 1 heterocycles. The van der Waals surface area contributed by atoms with Crippen molar-refractivity contribution >= 4 is 41.7 Å². The van der Waals surface area contributed by atoms with Crippen molar-refractivity contribution in [2.24, 2.45) is 4.99 Å². The minimum absolute atomic E-state index is 0. The maximum Gasteiger partial charge on any atom is 0.193 e. The predicted octanol–water partition coefficient (Wildman–Crippen LogP) is 3.99. The molecule has 0 aromatic heterocycles. The van der Waals surface area contributed by atoms with E-state index in [4.69, 9.17) is 4.99 Å². The van der Waals surface area contributed by atoms with Crippen molar-refractivity contribution in [2.45, 2.75) is 42.2 Å². The average molecular weight is 431 g/mol. The summed E-state index contributed by atoms with van der Waals surface area (Å²) in [6.07, 6.45) is 5.17. The summed E-state index contributed by atoms with van der Waals surface area (Å²) in [6.45, 7) is 6.35. The SMILES string of the molecule is CCNC(=NCC1(Sc2ccccc2)CC1)N1CCCC1.I. The van der Waals surface area contributed by atoms with Crippen LogP contribution >= 0.6 is 35.7 Å². The molecule has 1 saturated heterocycles. The molecule has 0 bridgehead atoms. The highest BCUT2D eigenvalue weighted by atomic mass is 127. The van der Waals surface area contributed by atoms with Gasteiger partial charge >= 0.3 is 0 Å². The van der Waals surface area contributed by atoms with E-state index in [1.807, 2.05) is 11.8 Å². The van der Waals surface area contributed by atoms with Crippen molar-refractivity contribution in [3.8, 4) is 0 Å². The molecule has 22 heavy (non-hydrogen) atoms. The van der Waals surface area contributed by atoms with Gasteiger partial charge < -0.3 is 10.2 Å². The Morgan fingerprint density at radius 2 is 1.91 bits per heavy atom. The molecule has 3 rings (SSSR count). The number of hydrogen-bond donors (Lipinski definition) is 1. The van der Waals surface area contributed by atoms with Crippen molar-refractivity contribution < 1.29 is 0 Å². The van der Waals surface area contributed by atoms with Crippen molar-refractivity contribution in [3.05, 3.63) is 30.3 Å². The second-order valence-corrected chi connectivity index (χ2v) is 7.50. The molecule has 5 heteroatoms. The smallest absolute Gasteiger partial charge is 0.193 e. The largest absolute Gasteiger partial charge is 0.357 e. The van der Waals surface area contributed by atoms with E-state index in [1.54, 1.807) is 0 Å². The second kappa shape index (κ2) is 8.43. The number of nitrogens with one attached hydrogen (secondary N) is 1. The normalized spacial score (nSPS) is 19.7.